The van der Waals surface area contributed by atoms with Gasteiger partial charge in [0.05, 0.1) is 6.42 Å². The van der Waals surface area contributed by atoms with Gasteiger partial charge in [-0.2, -0.15) is 0 Å². The van der Waals surface area contributed by atoms with E-state index >= 15 is 0 Å². The Morgan fingerprint density at radius 3 is 2.74 bits per heavy atom. The fourth-order valence-corrected chi connectivity index (χ4v) is 1.84. The minimum atomic E-state index is -0.838. The molecule has 6 nitrogen and oxygen atoms in total. The number of hydrogen-bond acceptors (Lipinski definition) is 5. The van der Waals surface area contributed by atoms with Crippen LogP contribution in [0.25, 0.3) is 0 Å². The Hall–Kier alpha value is -1.85. The maximum absolute atomic E-state index is 10.8. The molecule has 0 aliphatic rings. The lowest BCUT2D eigenvalue weighted by atomic mass is 10.0. The SMILES string of the molecule is CCCN(C)c1cc(NC(C)(C)CC(=O)O)ncn1. The van der Waals surface area contributed by atoms with Crippen molar-refractivity contribution in [3.63, 3.8) is 0 Å². The number of aliphatic carboxylic acids is 1. The summed E-state index contributed by atoms with van der Waals surface area (Å²) in [6.07, 6.45) is 2.55. The van der Waals surface area contributed by atoms with E-state index in [1.807, 2.05) is 31.9 Å². The molecular formula is C13H22N4O2. The maximum Gasteiger partial charge on any atom is 0.305 e. The van der Waals surface area contributed by atoms with E-state index in [1.165, 1.54) is 6.33 Å². The number of hydrogen-bond donors (Lipinski definition) is 2. The molecule has 19 heavy (non-hydrogen) atoms. The molecule has 0 saturated carbocycles. The predicted molar refractivity (Wildman–Crippen MR) is 75.5 cm³/mol. The molecule has 1 rings (SSSR count). The normalized spacial score (nSPS) is 11.2. The summed E-state index contributed by atoms with van der Waals surface area (Å²) < 4.78 is 0. The molecule has 0 aliphatic heterocycles. The molecule has 0 spiro atoms. The second-order valence-electron chi connectivity index (χ2n) is 5.26. The van der Waals surface area contributed by atoms with Gasteiger partial charge >= 0.3 is 5.97 Å². The third-order valence-corrected chi connectivity index (χ3v) is 2.66. The van der Waals surface area contributed by atoms with Crippen LogP contribution in [0, 0.1) is 0 Å². The zero-order valence-electron chi connectivity index (χ0n) is 12.0. The third-order valence-electron chi connectivity index (χ3n) is 2.66. The van der Waals surface area contributed by atoms with E-state index < -0.39 is 11.5 Å². The van der Waals surface area contributed by atoms with Crippen molar-refractivity contribution in [2.24, 2.45) is 0 Å². The van der Waals surface area contributed by atoms with Crippen molar-refractivity contribution >= 4 is 17.6 Å². The molecular weight excluding hydrogens is 244 g/mol. The monoisotopic (exact) mass is 266 g/mol. The molecule has 106 valence electrons. The van der Waals surface area contributed by atoms with E-state index in [0.717, 1.165) is 18.8 Å². The average Bonchev–Trinajstić information content (AvgIpc) is 2.27. The topological polar surface area (TPSA) is 78.4 Å². The number of carboxylic acid groups (broad SMARTS) is 1. The summed E-state index contributed by atoms with van der Waals surface area (Å²) in [7, 11) is 1.97. The summed E-state index contributed by atoms with van der Waals surface area (Å²) in [4.78, 5) is 21.2. The Morgan fingerprint density at radius 1 is 1.47 bits per heavy atom. The molecule has 0 atom stereocenters. The van der Waals surface area contributed by atoms with E-state index in [0.29, 0.717) is 5.82 Å². The lowest BCUT2D eigenvalue weighted by molar-refractivity contribution is -0.137. The fraction of sp³-hybridized carbons (Fsp3) is 0.615. The van der Waals surface area contributed by atoms with Crippen LogP contribution >= 0.6 is 0 Å². The van der Waals surface area contributed by atoms with Gasteiger partial charge < -0.3 is 15.3 Å². The van der Waals surface area contributed by atoms with E-state index in [2.05, 4.69) is 22.2 Å². The van der Waals surface area contributed by atoms with Gasteiger partial charge in [0.15, 0.2) is 0 Å². The van der Waals surface area contributed by atoms with Crippen LogP contribution in [-0.4, -0.2) is 40.2 Å². The zero-order valence-corrected chi connectivity index (χ0v) is 12.0. The highest BCUT2D eigenvalue weighted by molar-refractivity contribution is 5.69. The number of nitrogens with zero attached hydrogens (tertiary/aromatic N) is 3. The van der Waals surface area contributed by atoms with Gasteiger partial charge in [-0.1, -0.05) is 6.92 Å². The van der Waals surface area contributed by atoms with E-state index in [1.54, 1.807) is 0 Å². The smallest absolute Gasteiger partial charge is 0.305 e. The molecule has 0 unspecified atom stereocenters. The number of rotatable bonds is 7. The summed E-state index contributed by atoms with van der Waals surface area (Å²) in [6.45, 7) is 6.68. The Balaban J connectivity index is 2.79. The predicted octanol–water partition coefficient (Wildman–Crippen LogP) is 1.99. The van der Waals surface area contributed by atoms with Crippen molar-refractivity contribution in [1.82, 2.24) is 9.97 Å². The maximum atomic E-state index is 10.8. The molecule has 0 aliphatic carbocycles. The number of carbonyl (C=O) groups is 1. The van der Waals surface area contributed by atoms with Crippen molar-refractivity contribution in [2.75, 3.05) is 23.8 Å². The quantitative estimate of drug-likeness (QED) is 0.785. The van der Waals surface area contributed by atoms with Crippen LogP contribution in [0.3, 0.4) is 0 Å². The van der Waals surface area contributed by atoms with Crippen LogP contribution in [0.5, 0.6) is 0 Å². The van der Waals surface area contributed by atoms with Gasteiger partial charge in [-0.25, -0.2) is 9.97 Å². The van der Waals surface area contributed by atoms with E-state index in [4.69, 9.17) is 5.11 Å². The third kappa shape index (κ3) is 5.11. The molecule has 0 fully saturated rings. The summed E-state index contributed by atoms with van der Waals surface area (Å²) in [5.41, 5.74) is -0.555. The van der Waals surface area contributed by atoms with Crippen molar-refractivity contribution in [3.05, 3.63) is 12.4 Å². The molecule has 0 radical (unpaired) electrons. The molecule has 2 N–H and O–H groups in total. The number of nitrogens with one attached hydrogen (secondary N) is 1. The van der Waals surface area contributed by atoms with Gasteiger partial charge in [-0.05, 0) is 20.3 Å². The minimum absolute atomic E-state index is 0.0249. The molecule has 1 aromatic rings. The standard InChI is InChI=1S/C13H22N4O2/c1-5-6-17(4)11-7-10(14-9-15-11)16-13(2,3)8-12(18)19/h7,9H,5-6,8H2,1-4H3,(H,18,19)(H,14,15,16). The van der Waals surface area contributed by atoms with Crippen LogP contribution in [0.2, 0.25) is 0 Å². The van der Waals surface area contributed by atoms with Crippen LogP contribution in [0.1, 0.15) is 33.6 Å². The largest absolute Gasteiger partial charge is 0.481 e. The first-order chi connectivity index (χ1) is 8.84. The van der Waals surface area contributed by atoms with Gasteiger partial charge in [0.2, 0.25) is 0 Å². The molecule has 0 aromatic carbocycles. The first-order valence-electron chi connectivity index (χ1n) is 6.37. The van der Waals surface area contributed by atoms with Crippen LogP contribution < -0.4 is 10.2 Å². The Labute approximate surface area is 113 Å². The van der Waals surface area contributed by atoms with Crippen molar-refractivity contribution in [1.29, 1.82) is 0 Å². The Bertz CT molecular complexity index is 434. The summed E-state index contributed by atoms with van der Waals surface area (Å²) in [5, 5.41) is 12.0. The van der Waals surface area contributed by atoms with Crippen LogP contribution in [-0.2, 0) is 4.79 Å². The highest BCUT2D eigenvalue weighted by Crippen LogP contribution is 2.19. The summed E-state index contributed by atoms with van der Waals surface area (Å²) >= 11 is 0. The molecule has 1 aromatic heterocycles. The molecule has 6 heteroatoms. The van der Waals surface area contributed by atoms with Crippen molar-refractivity contribution in [3.8, 4) is 0 Å². The van der Waals surface area contributed by atoms with Gasteiger partial charge in [0.25, 0.3) is 0 Å². The van der Waals surface area contributed by atoms with Gasteiger partial charge in [-0.3, -0.25) is 4.79 Å². The number of carboxylic acids is 1. The lowest BCUT2D eigenvalue weighted by Gasteiger charge is -2.25. The van der Waals surface area contributed by atoms with Gasteiger partial charge in [0.1, 0.15) is 18.0 Å². The molecule has 0 bridgehead atoms. The van der Waals surface area contributed by atoms with Crippen LogP contribution in [0.15, 0.2) is 12.4 Å². The molecule has 0 amide bonds. The van der Waals surface area contributed by atoms with Crippen molar-refractivity contribution < 1.29 is 9.90 Å². The second-order valence-corrected chi connectivity index (χ2v) is 5.26. The van der Waals surface area contributed by atoms with E-state index in [9.17, 15) is 4.79 Å². The van der Waals surface area contributed by atoms with E-state index in [-0.39, 0.29) is 6.42 Å². The first-order valence-corrected chi connectivity index (χ1v) is 6.37. The van der Waals surface area contributed by atoms with Gasteiger partial charge in [0, 0.05) is 25.2 Å². The number of aromatic nitrogens is 2. The fourth-order valence-electron chi connectivity index (χ4n) is 1.84. The van der Waals surface area contributed by atoms with Crippen LogP contribution in [0.4, 0.5) is 11.6 Å². The highest BCUT2D eigenvalue weighted by Gasteiger charge is 2.22. The second kappa shape index (κ2) is 6.36. The highest BCUT2D eigenvalue weighted by atomic mass is 16.4. The molecule has 0 saturated heterocycles. The first kappa shape index (κ1) is 15.2. The number of anilines is 2. The average molecular weight is 266 g/mol. The Morgan fingerprint density at radius 2 is 2.16 bits per heavy atom. The minimum Gasteiger partial charge on any atom is -0.481 e. The molecule has 1 heterocycles. The lowest BCUT2D eigenvalue weighted by Crippen LogP contribution is -2.34. The Kier molecular flexibility index (Phi) is 5.09. The van der Waals surface area contributed by atoms with Crippen molar-refractivity contribution in [2.45, 2.75) is 39.2 Å². The van der Waals surface area contributed by atoms with Gasteiger partial charge in [-0.15, -0.1) is 0 Å². The summed E-state index contributed by atoms with van der Waals surface area (Å²) in [5.74, 6) is 0.625. The summed E-state index contributed by atoms with van der Waals surface area (Å²) in [6, 6.07) is 1.83. The zero-order chi connectivity index (χ0) is 14.5.